The van der Waals surface area contributed by atoms with Gasteiger partial charge in [0.05, 0.1) is 13.4 Å². The number of benzene rings is 2. The van der Waals surface area contributed by atoms with E-state index in [2.05, 4.69) is 16.4 Å². The lowest BCUT2D eigenvalue weighted by Gasteiger charge is -2.10. The highest BCUT2D eigenvalue weighted by atomic mass is 16.5. The van der Waals surface area contributed by atoms with Crippen molar-refractivity contribution in [3.8, 4) is 5.75 Å². The Balaban J connectivity index is 1.41. The van der Waals surface area contributed by atoms with Gasteiger partial charge in [-0.15, -0.1) is 0 Å². The summed E-state index contributed by atoms with van der Waals surface area (Å²) in [6, 6.07) is 15.6. The third-order valence-corrected chi connectivity index (χ3v) is 4.63. The first kappa shape index (κ1) is 18.6. The fraction of sp³-hybridized carbons (Fsp3) is 0.130. The molecule has 0 aliphatic heterocycles. The molecule has 0 saturated heterocycles. The number of carbonyl (C=O) groups excluding carboxylic acids is 1. The molecule has 6 heteroatoms. The number of nitrogens with zero attached hydrogens (tertiary/aromatic N) is 2. The number of rotatable bonds is 7. The molecule has 1 N–H and O–H groups in total. The van der Waals surface area contributed by atoms with Crippen molar-refractivity contribution in [2.24, 2.45) is 0 Å². The van der Waals surface area contributed by atoms with Crippen LogP contribution in [-0.2, 0) is 17.9 Å². The van der Waals surface area contributed by atoms with Crippen LogP contribution >= 0.6 is 0 Å². The minimum Gasteiger partial charge on any atom is -0.493 e. The number of methoxy groups -OCH3 is 1. The number of carbonyl (C=O) groups is 1. The van der Waals surface area contributed by atoms with E-state index in [4.69, 9.17) is 9.15 Å². The van der Waals surface area contributed by atoms with Gasteiger partial charge in [0.1, 0.15) is 5.76 Å². The third kappa shape index (κ3) is 4.38. The Morgan fingerprint density at radius 2 is 2.07 bits per heavy atom. The summed E-state index contributed by atoms with van der Waals surface area (Å²) in [6.07, 6.45) is 8.58. The molecular formula is C23H21N3O3. The summed E-state index contributed by atoms with van der Waals surface area (Å²) in [4.78, 5) is 16.3. The lowest BCUT2D eigenvalue weighted by atomic mass is 10.1. The second kappa shape index (κ2) is 8.48. The van der Waals surface area contributed by atoms with Crippen molar-refractivity contribution in [1.82, 2.24) is 14.9 Å². The number of ether oxygens (including phenoxy) is 1. The normalized spacial score (nSPS) is 11.2. The Morgan fingerprint density at radius 1 is 1.21 bits per heavy atom. The number of furan rings is 1. The average molecular weight is 387 g/mol. The van der Waals surface area contributed by atoms with Gasteiger partial charge in [-0.2, -0.15) is 0 Å². The van der Waals surface area contributed by atoms with Crippen molar-refractivity contribution >= 4 is 23.0 Å². The summed E-state index contributed by atoms with van der Waals surface area (Å²) in [6.45, 7) is 1.16. The van der Waals surface area contributed by atoms with Gasteiger partial charge in [-0.1, -0.05) is 36.4 Å². The van der Waals surface area contributed by atoms with Gasteiger partial charge >= 0.3 is 0 Å². The molecule has 1 amide bonds. The minimum atomic E-state index is -0.185. The minimum absolute atomic E-state index is 0.185. The summed E-state index contributed by atoms with van der Waals surface area (Å²) in [5.74, 6) is 1.08. The molecule has 0 spiro atoms. The third-order valence-electron chi connectivity index (χ3n) is 4.63. The SMILES string of the molecule is COc1cccc2cc(/C=C/C(=O)NCc3ccccc3Cn3ccnc3)oc12. The lowest BCUT2D eigenvalue weighted by Crippen LogP contribution is -2.21. The first-order valence-electron chi connectivity index (χ1n) is 9.28. The van der Waals surface area contributed by atoms with Gasteiger partial charge in [-0.05, 0) is 29.3 Å². The van der Waals surface area contributed by atoms with Crippen LogP contribution in [0.15, 0.2) is 77.7 Å². The smallest absolute Gasteiger partial charge is 0.244 e. The molecule has 0 aliphatic carbocycles. The molecule has 0 unspecified atom stereocenters. The maximum absolute atomic E-state index is 12.3. The standard InChI is InChI=1S/C23H21N3O3/c1-28-21-8-4-7-17-13-20(29-23(17)21)9-10-22(27)25-14-18-5-2-3-6-19(18)15-26-12-11-24-16-26/h2-13,16H,14-15H2,1H3,(H,25,27)/b10-9+. The number of fused-ring (bicyclic) bond motifs is 1. The van der Waals surface area contributed by atoms with Crippen LogP contribution in [0.3, 0.4) is 0 Å². The van der Waals surface area contributed by atoms with Crippen molar-refractivity contribution in [2.75, 3.05) is 7.11 Å². The maximum atomic E-state index is 12.3. The molecule has 0 bridgehead atoms. The zero-order valence-corrected chi connectivity index (χ0v) is 16.0. The summed E-state index contributed by atoms with van der Waals surface area (Å²) in [7, 11) is 1.60. The van der Waals surface area contributed by atoms with E-state index in [1.807, 2.05) is 53.2 Å². The Morgan fingerprint density at radius 3 is 2.86 bits per heavy atom. The molecule has 29 heavy (non-hydrogen) atoms. The summed E-state index contributed by atoms with van der Waals surface area (Å²) in [5, 5.41) is 3.86. The van der Waals surface area contributed by atoms with Crippen LogP contribution in [0.5, 0.6) is 5.75 Å². The van der Waals surface area contributed by atoms with E-state index in [9.17, 15) is 4.79 Å². The van der Waals surface area contributed by atoms with Gasteiger partial charge in [0, 0.05) is 36.9 Å². The molecular weight excluding hydrogens is 366 g/mol. The van der Waals surface area contributed by atoms with E-state index in [0.29, 0.717) is 30.2 Å². The molecule has 0 saturated carbocycles. The Labute approximate surface area is 168 Å². The van der Waals surface area contributed by atoms with Crippen molar-refractivity contribution in [3.05, 3.63) is 90.2 Å². The number of nitrogens with one attached hydrogen (secondary N) is 1. The first-order valence-corrected chi connectivity index (χ1v) is 9.28. The monoisotopic (exact) mass is 387 g/mol. The fourth-order valence-corrected chi connectivity index (χ4v) is 3.16. The van der Waals surface area contributed by atoms with E-state index in [1.165, 1.54) is 6.08 Å². The largest absolute Gasteiger partial charge is 0.493 e. The zero-order valence-electron chi connectivity index (χ0n) is 16.0. The van der Waals surface area contributed by atoms with E-state index < -0.39 is 0 Å². The Bertz CT molecular complexity index is 1140. The molecule has 4 aromatic rings. The summed E-state index contributed by atoms with van der Waals surface area (Å²) >= 11 is 0. The number of imidazole rings is 1. The van der Waals surface area contributed by atoms with E-state index in [1.54, 1.807) is 25.7 Å². The van der Waals surface area contributed by atoms with E-state index >= 15 is 0 Å². The number of aromatic nitrogens is 2. The van der Waals surface area contributed by atoms with Crippen LogP contribution in [0.2, 0.25) is 0 Å². The Kier molecular flexibility index (Phi) is 5.42. The summed E-state index contributed by atoms with van der Waals surface area (Å²) in [5.41, 5.74) is 2.87. The predicted octanol–water partition coefficient (Wildman–Crippen LogP) is 4.02. The van der Waals surface area contributed by atoms with Crippen LogP contribution < -0.4 is 10.1 Å². The molecule has 2 aromatic heterocycles. The highest BCUT2D eigenvalue weighted by molar-refractivity contribution is 5.92. The second-order valence-corrected chi connectivity index (χ2v) is 6.58. The Hall–Kier alpha value is -3.80. The molecule has 0 atom stereocenters. The second-order valence-electron chi connectivity index (χ2n) is 6.58. The molecule has 2 aromatic carbocycles. The van der Waals surface area contributed by atoms with E-state index in [-0.39, 0.29) is 5.91 Å². The zero-order chi connectivity index (χ0) is 20.1. The molecule has 0 aliphatic rings. The van der Waals surface area contributed by atoms with Gasteiger partial charge in [-0.25, -0.2) is 4.98 Å². The van der Waals surface area contributed by atoms with Gasteiger partial charge in [0.25, 0.3) is 0 Å². The quantitative estimate of drug-likeness (QED) is 0.487. The van der Waals surface area contributed by atoms with Gasteiger partial charge < -0.3 is 19.0 Å². The molecule has 4 rings (SSSR count). The van der Waals surface area contributed by atoms with Crippen LogP contribution in [0.1, 0.15) is 16.9 Å². The topological polar surface area (TPSA) is 69.3 Å². The van der Waals surface area contributed by atoms with Gasteiger partial charge in [0.15, 0.2) is 11.3 Å². The van der Waals surface area contributed by atoms with Gasteiger partial charge in [-0.3, -0.25) is 4.79 Å². The van der Waals surface area contributed by atoms with Crippen molar-refractivity contribution in [1.29, 1.82) is 0 Å². The van der Waals surface area contributed by atoms with Crippen molar-refractivity contribution in [2.45, 2.75) is 13.1 Å². The summed E-state index contributed by atoms with van der Waals surface area (Å²) < 4.78 is 13.1. The van der Waals surface area contributed by atoms with E-state index in [0.717, 1.165) is 16.5 Å². The van der Waals surface area contributed by atoms with Crippen LogP contribution in [-0.4, -0.2) is 22.6 Å². The lowest BCUT2D eigenvalue weighted by molar-refractivity contribution is -0.116. The molecule has 0 fully saturated rings. The number of hydrogen-bond acceptors (Lipinski definition) is 4. The van der Waals surface area contributed by atoms with Crippen LogP contribution in [0.4, 0.5) is 0 Å². The number of amides is 1. The molecule has 0 radical (unpaired) electrons. The maximum Gasteiger partial charge on any atom is 0.244 e. The predicted molar refractivity (Wildman–Crippen MR) is 111 cm³/mol. The molecule has 6 nitrogen and oxygen atoms in total. The first-order chi connectivity index (χ1) is 14.2. The van der Waals surface area contributed by atoms with Crippen molar-refractivity contribution in [3.63, 3.8) is 0 Å². The van der Waals surface area contributed by atoms with Crippen LogP contribution in [0, 0.1) is 0 Å². The fourth-order valence-electron chi connectivity index (χ4n) is 3.16. The molecule has 2 heterocycles. The van der Waals surface area contributed by atoms with Gasteiger partial charge in [0.2, 0.25) is 5.91 Å². The average Bonchev–Trinajstić information content (AvgIpc) is 3.40. The highest BCUT2D eigenvalue weighted by Crippen LogP contribution is 2.28. The molecule has 146 valence electrons. The number of hydrogen-bond donors (Lipinski definition) is 1. The van der Waals surface area contributed by atoms with Crippen LogP contribution in [0.25, 0.3) is 17.0 Å². The number of para-hydroxylation sites is 1. The highest BCUT2D eigenvalue weighted by Gasteiger charge is 2.08. The van der Waals surface area contributed by atoms with Crippen molar-refractivity contribution < 1.29 is 13.9 Å².